The minimum atomic E-state index is 0.427. The van der Waals surface area contributed by atoms with Crippen LogP contribution in [0, 0.1) is 3.70 Å². The molecule has 0 fully saturated rings. The summed E-state index contributed by atoms with van der Waals surface area (Å²) in [6.45, 7) is 0. The second kappa shape index (κ2) is 8.26. The SMILES string of the molecule is Ic1cc(C2=CCC(c3ccccc3)C=C2)nc(-c2ccc3c(c2)sc2ccccc23)n1. The molecule has 2 aromatic heterocycles. The predicted molar refractivity (Wildman–Crippen MR) is 144 cm³/mol. The number of benzene rings is 3. The molecule has 2 nitrogen and oxygen atoms in total. The lowest BCUT2D eigenvalue weighted by Crippen LogP contribution is -2.01. The molecule has 0 saturated heterocycles. The Hall–Kier alpha value is -2.83. The Morgan fingerprint density at radius 3 is 2.47 bits per heavy atom. The lowest BCUT2D eigenvalue weighted by atomic mass is 9.89. The van der Waals surface area contributed by atoms with Crippen molar-refractivity contribution < 1.29 is 0 Å². The van der Waals surface area contributed by atoms with Crippen LogP contribution in [0.5, 0.6) is 0 Å². The summed E-state index contributed by atoms with van der Waals surface area (Å²) in [5.74, 6) is 1.21. The Bertz CT molecular complexity index is 1520. The van der Waals surface area contributed by atoms with Crippen LogP contribution >= 0.6 is 33.9 Å². The summed E-state index contributed by atoms with van der Waals surface area (Å²) in [6.07, 6.45) is 7.79. The third-order valence-corrected chi connectivity index (χ3v) is 7.64. The Morgan fingerprint density at radius 1 is 0.812 bits per heavy atom. The van der Waals surface area contributed by atoms with Gasteiger partial charge in [0.15, 0.2) is 5.82 Å². The Balaban J connectivity index is 1.35. The molecule has 0 bridgehead atoms. The molecule has 0 amide bonds. The van der Waals surface area contributed by atoms with E-state index in [2.05, 4.69) is 120 Å². The highest BCUT2D eigenvalue weighted by atomic mass is 127. The molecule has 154 valence electrons. The van der Waals surface area contributed by atoms with Crippen LogP contribution in [0.25, 0.3) is 37.1 Å². The Kier molecular flexibility index (Phi) is 5.12. The maximum Gasteiger partial charge on any atom is 0.160 e. The zero-order chi connectivity index (χ0) is 21.5. The standard InChI is InChI=1S/C28H19IN2S/c29-27-17-24(20-12-10-19(11-13-20)18-6-2-1-3-7-18)30-28(31-27)21-14-15-23-22-8-4-5-9-25(22)32-26(23)16-21/h1-10,12-17,19H,11H2. The number of rotatable bonds is 3. The average molecular weight is 542 g/mol. The molecule has 1 aliphatic carbocycles. The second-order valence-electron chi connectivity index (χ2n) is 7.98. The first-order valence-electron chi connectivity index (χ1n) is 10.6. The zero-order valence-corrected chi connectivity index (χ0v) is 20.2. The minimum absolute atomic E-state index is 0.427. The van der Waals surface area contributed by atoms with Crippen LogP contribution in [0.2, 0.25) is 0 Å². The molecular weight excluding hydrogens is 523 g/mol. The molecule has 2 heterocycles. The van der Waals surface area contributed by atoms with E-state index in [1.165, 1.54) is 31.3 Å². The summed E-state index contributed by atoms with van der Waals surface area (Å²) in [4.78, 5) is 9.71. The van der Waals surface area contributed by atoms with Crippen molar-refractivity contribution in [2.75, 3.05) is 0 Å². The van der Waals surface area contributed by atoms with Crippen molar-refractivity contribution in [1.82, 2.24) is 9.97 Å². The third-order valence-electron chi connectivity index (χ3n) is 5.96. The molecule has 0 spiro atoms. The molecule has 4 heteroatoms. The summed E-state index contributed by atoms with van der Waals surface area (Å²) < 4.78 is 3.54. The first-order valence-corrected chi connectivity index (χ1v) is 12.5. The highest BCUT2D eigenvalue weighted by Crippen LogP contribution is 2.36. The quantitative estimate of drug-likeness (QED) is 0.170. The number of aromatic nitrogens is 2. The second-order valence-corrected chi connectivity index (χ2v) is 10.2. The van der Waals surface area contributed by atoms with Crippen LogP contribution in [-0.2, 0) is 0 Å². The molecule has 0 saturated carbocycles. The van der Waals surface area contributed by atoms with Gasteiger partial charge in [-0.1, -0.05) is 78.9 Å². The van der Waals surface area contributed by atoms with Gasteiger partial charge in [-0.2, -0.15) is 0 Å². The topological polar surface area (TPSA) is 25.8 Å². The van der Waals surface area contributed by atoms with Gasteiger partial charge in [0.05, 0.1) is 5.69 Å². The van der Waals surface area contributed by atoms with Crippen molar-refractivity contribution in [2.24, 2.45) is 0 Å². The highest BCUT2D eigenvalue weighted by Gasteiger charge is 2.15. The molecule has 1 atom stereocenters. The van der Waals surface area contributed by atoms with Gasteiger partial charge in [-0.25, -0.2) is 9.97 Å². The van der Waals surface area contributed by atoms with Crippen molar-refractivity contribution in [3.63, 3.8) is 0 Å². The van der Waals surface area contributed by atoms with E-state index in [-0.39, 0.29) is 0 Å². The largest absolute Gasteiger partial charge is 0.228 e. The zero-order valence-electron chi connectivity index (χ0n) is 17.2. The molecular formula is C28H19IN2S. The number of halogens is 1. The summed E-state index contributed by atoms with van der Waals surface area (Å²) in [5.41, 5.74) is 4.57. The lowest BCUT2D eigenvalue weighted by Gasteiger charge is -2.17. The highest BCUT2D eigenvalue weighted by molar-refractivity contribution is 14.1. The van der Waals surface area contributed by atoms with Crippen molar-refractivity contribution in [1.29, 1.82) is 0 Å². The van der Waals surface area contributed by atoms with Crippen LogP contribution in [0.3, 0.4) is 0 Å². The summed E-state index contributed by atoms with van der Waals surface area (Å²) in [7, 11) is 0. The number of hydrogen-bond acceptors (Lipinski definition) is 3. The molecule has 0 aliphatic heterocycles. The van der Waals surface area contributed by atoms with Gasteiger partial charge in [0.1, 0.15) is 3.70 Å². The maximum atomic E-state index is 4.96. The summed E-state index contributed by atoms with van der Waals surface area (Å²) >= 11 is 4.12. The van der Waals surface area contributed by atoms with E-state index in [1.54, 1.807) is 0 Å². The van der Waals surface area contributed by atoms with Gasteiger partial charge in [0.2, 0.25) is 0 Å². The van der Waals surface area contributed by atoms with Crippen LogP contribution in [0.15, 0.2) is 97.1 Å². The fraction of sp³-hybridized carbons (Fsp3) is 0.0714. The maximum absolute atomic E-state index is 4.96. The van der Waals surface area contributed by atoms with E-state index < -0.39 is 0 Å². The van der Waals surface area contributed by atoms with Gasteiger partial charge in [0.25, 0.3) is 0 Å². The van der Waals surface area contributed by atoms with Gasteiger partial charge in [-0.05, 0) is 58.3 Å². The fourth-order valence-corrected chi connectivity index (χ4v) is 5.99. The molecule has 0 N–H and O–H groups in total. The fourth-order valence-electron chi connectivity index (χ4n) is 4.32. The summed E-state index contributed by atoms with van der Waals surface area (Å²) in [5, 5.41) is 2.61. The van der Waals surface area contributed by atoms with Crippen molar-refractivity contribution in [2.45, 2.75) is 12.3 Å². The monoisotopic (exact) mass is 542 g/mol. The Morgan fingerprint density at radius 2 is 1.62 bits per heavy atom. The normalized spacial score (nSPS) is 15.9. The Labute approximate surface area is 204 Å². The molecule has 0 radical (unpaired) electrons. The van der Waals surface area contributed by atoms with Gasteiger partial charge in [0, 0.05) is 31.7 Å². The van der Waals surface area contributed by atoms with Crippen molar-refractivity contribution in [3.8, 4) is 11.4 Å². The predicted octanol–water partition coefficient (Wildman–Crippen LogP) is 8.24. The van der Waals surface area contributed by atoms with E-state index in [4.69, 9.17) is 9.97 Å². The smallest absolute Gasteiger partial charge is 0.160 e. The van der Waals surface area contributed by atoms with Crippen LogP contribution < -0.4 is 0 Å². The van der Waals surface area contributed by atoms with Crippen molar-refractivity contribution in [3.05, 3.63) is 112 Å². The van der Waals surface area contributed by atoms with Gasteiger partial charge in [-0.3, -0.25) is 0 Å². The van der Waals surface area contributed by atoms with Crippen LogP contribution in [-0.4, -0.2) is 9.97 Å². The number of nitrogens with zero attached hydrogens (tertiary/aromatic N) is 2. The molecule has 3 aromatic carbocycles. The van der Waals surface area contributed by atoms with Gasteiger partial charge >= 0.3 is 0 Å². The van der Waals surface area contributed by atoms with E-state index >= 15 is 0 Å². The van der Waals surface area contributed by atoms with Gasteiger partial charge in [-0.15, -0.1) is 11.3 Å². The first kappa shape index (κ1) is 19.8. The minimum Gasteiger partial charge on any atom is -0.228 e. The lowest BCUT2D eigenvalue weighted by molar-refractivity contribution is 0.855. The molecule has 1 unspecified atom stereocenters. The number of allylic oxidation sites excluding steroid dienone is 4. The summed E-state index contributed by atoms with van der Waals surface area (Å²) in [6, 6.07) is 27.9. The van der Waals surface area contributed by atoms with E-state index in [9.17, 15) is 0 Å². The first-order chi connectivity index (χ1) is 15.7. The van der Waals surface area contributed by atoms with E-state index in [0.29, 0.717) is 5.92 Å². The van der Waals surface area contributed by atoms with E-state index in [0.717, 1.165) is 27.2 Å². The third kappa shape index (κ3) is 3.67. The number of hydrogen-bond donors (Lipinski definition) is 0. The van der Waals surface area contributed by atoms with Crippen molar-refractivity contribution >= 4 is 59.7 Å². The van der Waals surface area contributed by atoms with Crippen LogP contribution in [0.1, 0.15) is 23.6 Å². The molecule has 32 heavy (non-hydrogen) atoms. The average Bonchev–Trinajstić information content (AvgIpc) is 3.22. The number of thiophene rings is 1. The number of fused-ring (bicyclic) bond motifs is 3. The van der Waals surface area contributed by atoms with Gasteiger partial charge < -0.3 is 0 Å². The molecule has 1 aliphatic rings. The van der Waals surface area contributed by atoms with Crippen LogP contribution in [0.4, 0.5) is 0 Å². The van der Waals surface area contributed by atoms with E-state index in [1.807, 2.05) is 11.3 Å². The molecule has 6 rings (SSSR count). The molecule has 5 aromatic rings.